The first-order chi connectivity index (χ1) is 14.0. The summed E-state index contributed by atoms with van der Waals surface area (Å²) in [4.78, 5) is 20.7. The molecule has 0 saturated carbocycles. The Hall–Kier alpha value is -2.60. The lowest BCUT2D eigenvalue weighted by molar-refractivity contribution is -0.116. The van der Waals surface area contributed by atoms with Gasteiger partial charge in [-0.15, -0.1) is 0 Å². The summed E-state index contributed by atoms with van der Waals surface area (Å²) >= 11 is 0. The third-order valence-electron chi connectivity index (χ3n) is 4.77. The fraction of sp³-hybridized carbons (Fsp3) is 0.348. The Morgan fingerprint density at radius 2 is 1.93 bits per heavy atom. The fourth-order valence-electron chi connectivity index (χ4n) is 3.06. The average Bonchev–Trinajstić information content (AvgIpc) is 3.09. The molecule has 2 aromatic heterocycles. The molecule has 0 saturated heterocycles. The van der Waals surface area contributed by atoms with Crippen LogP contribution in [0.15, 0.2) is 53.2 Å². The molecular weight excluding hydrogens is 384 g/mol. The van der Waals surface area contributed by atoms with Crippen LogP contribution in [0.3, 0.4) is 0 Å². The van der Waals surface area contributed by atoms with Crippen LogP contribution in [0.5, 0.6) is 0 Å². The van der Waals surface area contributed by atoms with Gasteiger partial charge in [-0.1, -0.05) is 25.1 Å². The first-order valence-electron chi connectivity index (χ1n) is 9.86. The molecule has 0 aliphatic carbocycles. The van der Waals surface area contributed by atoms with Crippen molar-refractivity contribution in [1.82, 2.24) is 9.97 Å². The van der Waals surface area contributed by atoms with E-state index in [-0.39, 0.29) is 17.3 Å². The van der Waals surface area contributed by atoms with Crippen molar-refractivity contribution in [3.05, 3.63) is 71.4 Å². The maximum Gasteiger partial charge on any atom is 0.226 e. The molecular formula is C23H26N2O3S. The monoisotopic (exact) mass is 410 g/mol. The lowest BCUT2D eigenvalue weighted by atomic mass is 10.1. The molecule has 0 radical (unpaired) electrons. The van der Waals surface area contributed by atoms with Crippen LogP contribution in [0, 0.1) is 6.92 Å². The number of hydrogen-bond donors (Lipinski definition) is 0. The van der Waals surface area contributed by atoms with Crippen molar-refractivity contribution in [1.29, 1.82) is 0 Å². The second kappa shape index (κ2) is 10.3. The maximum atomic E-state index is 12.4. The molecule has 0 N–H and O–H groups in total. The van der Waals surface area contributed by atoms with Gasteiger partial charge in [0.1, 0.15) is 11.5 Å². The van der Waals surface area contributed by atoms with Crippen LogP contribution in [0.4, 0.5) is 0 Å². The highest BCUT2D eigenvalue weighted by Gasteiger charge is 2.16. The summed E-state index contributed by atoms with van der Waals surface area (Å²) in [6.45, 7) is 3.93. The Morgan fingerprint density at radius 3 is 2.62 bits per heavy atom. The first-order valence-corrected chi connectivity index (χ1v) is 11.3. The molecule has 0 aliphatic heterocycles. The summed E-state index contributed by atoms with van der Waals surface area (Å²) in [6, 6.07) is 12.0. The molecule has 1 aromatic carbocycles. The number of pyridine rings is 1. The van der Waals surface area contributed by atoms with Crippen molar-refractivity contribution in [2.45, 2.75) is 45.3 Å². The highest BCUT2D eigenvalue weighted by molar-refractivity contribution is 7.84. The van der Waals surface area contributed by atoms with Crippen LogP contribution in [0.1, 0.15) is 42.3 Å². The number of carbonyl (C=O) groups is 1. The minimum Gasteiger partial charge on any atom is -0.441 e. The summed E-state index contributed by atoms with van der Waals surface area (Å²) in [6.07, 6.45) is 6.48. The smallest absolute Gasteiger partial charge is 0.226 e. The lowest BCUT2D eigenvalue weighted by Crippen LogP contribution is -2.12. The minimum absolute atomic E-state index is 0.0174. The Bertz CT molecular complexity index is 966. The van der Waals surface area contributed by atoms with E-state index in [1.165, 1.54) is 5.56 Å². The second-order valence-corrected chi connectivity index (χ2v) is 8.51. The van der Waals surface area contributed by atoms with E-state index in [0.717, 1.165) is 30.4 Å². The van der Waals surface area contributed by atoms with Crippen LogP contribution in [-0.2, 0) is 34.2 Å². The second-order valence-electron chi connectivity index (χ2n) is 7.05. The van der Waals surface area contributed by atoms with Crippen molar-refractivity contribution in [3.8, 4) is 11.5 Å². The maximum absolute atomic E-state index is 12.4. The third kappa shape index (κ3) is 6.19. The van der Waals surface area contributed by atoms with Gasteiger partial charge < -0.3 is 4.42 Å². The summed E-state index contributed by atoms with van der Waals surface area (Å²) in [5.41, 5.74) is 3.91. The van der Waals surface area contributed by atoms with Crippen LogP contribution >= 0.6 is 0 Å². The van der Waals surface area contributed by atoms with Crippen LogP contribution in [0.2, 0.25) is 0 Å². The molecule has 29 heavy (non-hydrogen) atoms. The number of benzene rings is 1. The Balaban J connectivity index is 1.50. The summed E-state index contributed by atoms with van der Waals surface area (Å²) in [7, 11) is -1.29. The van der Waals surface area contributed by atoms with Gasteiger partial charge in [0.05, 0.1) is 17.2 Å². The van der Waals surface area contributed by atoms with Crippen LogP contribution in [-0.4, -0.2) is 25.7 Å². The minimum atomic E-state index is -1.29. The Kier molecular flexibility index (Phi) is 7.47. The molecule has 3 aromatic rings. The zero-order chi connectivity index (χ0) is 20.6. The zero-order valence-corrected chi connectivity index (χ0v) is 17.7. The van der Waals surface area contributed by atoms with Gasteiger partial charge in [0.25, 0.3) is 0 Å². The number of aryl methyl sites for hydroxylation is 3. The molecule has 2 heterocycles. The number of aromatic nitrogens is 2. The van der Waals surface area contributed by atoms with Crippen molar-refractivity contribution in [2.75, 3.05) is 5.75 Å². The molecule has 0 bridgehead atoms. The molecule has 1 atom stereocenters. The van der Waals surface area contributed by atoms with E-state index >= 15 is 0 Å². The van der Waals surface area contributed by atoms with E-state index in [1.54, 1.807) is 6.20 Å². The van der Waals surface area contributed by atoms with Crippen molar-refractivity contribution >= 4 is 16.6 Å². The van der Waals surface area contributed by atoms with E-state index in [0.29, 0.717) is 23.8 Å². The molecule has 1 unspecified atom stereocenters. The topological polar surface area (TPSA) is 73.1 Å². The van der Waals surface area contributed by atoms with Gasteiger partial charge in [0.15, 0.2) is 0 Å². The number of ketones is 1. The zero-order valence-electron chi connectivity index (χ0n) is 16.9. The molecule has 3 rings (SSSR count). The highest BCUT2D eigenvalue weighted by atomic mass is 32.2. The van der Waals surface area contributed by atoms with E-state index < -0.39 is 10.8 Å². The Morgan fingerprint density at radius 1 is 1.14 bits per heavy atom. The van der Waals surface area contributed by atoms with Gasteiger partial charge in [-0.3, -0.25) is 14.0 Å². The van der Waals surface area contributed by atoms with Crippen molar-refractivity contribution < 1.29 is 13.4 Å². The van der Waals surface area contributed by atoms with Crippen molar-refractivity contribution in [3.63, 3.8) is 0 Å². The van der Waals surface area contributed by atoms with Gasteiger partial charge in [0.2, 0.25) is 5.89 Å². The largest absolute Gasteiger partial charge is 0.441 e. The predicted octanol–water partition coefficient (Wildman–Crippen LogP) is 4.45. The number of carbonyl (C=O) groups excluding carboxylic acids is 1. The lowest BCUT2D eigenvalue weighted by Gasteiger charge is -2.02. The molecule has 0 spiro atoms. The van der Waals surface area contributed by atoms with Gasteiger partial charge in [0, 0.05) is 35.2 Å². The Labute approximate surface area is 174 Å². The molecule has 0 amide bonds. The molecule has 0 fully saturated rings. The standard InChI is InChI=1S/C23H26N2O3S/c1-3-18-9-11-20(12-10-18)23-25-22(17(2)28-23)16-29(27)15-21(26)8-4-6-19-7-5-13-24-14-19/h5,7,9-14H,3-4,6,8,15-16H2,1-2H3. The van der Waals surface area contributed by atoms with Gasteiger partial charge in [-0.25, -0.2) is 4.98 Å². The van der Waals surface area contributed by atoms with E-state index in [9.17, 15) is 9.00 Å². The first kappa shape index (κ1) is 21.1. The number of nitrogens with zero attached hydrogens (tertiary/aromatic N) is 2. The fourth-order valence-corrected chi connectivity index (χ4v) is 4.24. The molecule has 152 valence electrons. The summed E-state index contributed by atoms with van der Waals surface area (Å²) < 4.78 is 18.2. The van der Waals surface area contributed by atoms with Gasteiger partial charge >= 0.3 is 0 Å². The number of rotatable bonds is 10. The average molecular weight is 411 g/mol. The summed E-state index contributed by atoms with van der Waals surface area (Å²) in [5, 5.41) is 0. The third-order valence-corrected chi connectivity index (χ3v) is 6.00. The molecule has 0 aliphatic rings. The molecule has 5 nitrogen and oxygen atoms in total. The number of oxazole rings is 1. The normalized spacial score (nSPS) is 12.1. The SMILES string of the molecule is CCc1ccc(-c2nc(CS(=O)CC(=O)CCCc3cccnc3)c(C)o2)cc1. The quantitative estimate of drug-likeness (QED) is 0.494. The van der Waals surface area contributed by atoms with E-state index in [2.05, 4.69) is 29.0 Å². The van der Waals surface area contributed by atoms with Crippen LogP contribution < -0.4 is 0 Å². The van der Waals surface area contributed by atoms with Gasteiger partial charge in [-0.05, 0) is 55.5 Å². The van der Waals surface area contributed by atoms with Crippen molar-refractivity contribution in [2.24, 2.45) is 0 Å². The van der Waals surface area contributed by atoms with Gasteiger partial charge in [-0.2, -0.15) is 0 Å². The predicted molar refractivity (Wildman–Crippen MR) is 115 cm³/mol. The number of Topliss-reactive ketones (excluding diaryl/α,β-unsaturated/α-hetero) is 1. The highest BCUT2D eigenvalue weighted by Crippen LogP contribution is 2.23. The van der Waals surface area contributed by atoms with Crippen LogP contribution in [0.25, 0.3) is 11.5 Å². The number of hydrogen-bond acceptors (Lipinski definition) is 5. The van der Waals surface area contributed by atoms with E-state index in [4.69, 9.17) is 4.42 Å². The summed E-state index contributed by atoms with van der Waals surface area (Å²) in [5.74, 6) is 1.48. The van der Waals surface area contributed by atoms with E-state index in [1.807, 2.05) is 37.4 Å². The molecule has 6 heteroatoms.